The van der Waals surface area contributed by atoms with Crippen molar-refractivity contribution >= 4 is 39.1 Å². The molecule has 5 heteroatoms. The number of hydrogen-bond donors (Lipinski definition) is 1. The number of imide groups is 1. The topological polar surface area (TPSA) is 49.4 Å². The van der Waals surface area contributed by atoms with Crippen LogP contribution < -0.4 is 10.2 Å². The number of rotatable bonds is 3. The highest BCUT2D eigenvalue weighted by molar-refractivity contribution is 9.10. The van der Waals surface area contributed by atoms with Crippen LogP contribution in [0.1, 0.15) is 17.5 Å². The van der Waals surface area contributed by atoms with Gasteiger partial charge in [0.25, 0.3) is 5.91 Å². The SMILES string of the molecule is Cc1cccc(NC2CC(=O)N(c3ccc(Br)cc3)C2=O)c1C. The summed E-state index contributed by atoms with van der Waals surface area (Å²) in [7, 11) is 0. The zero-order valence-electron chi connectivity index (χ0n) is 13.0. The van der Waals surface area contributed by atoms with Crippen molar-refractivity contribution in [3.8, 4) is 0 Å². The Balaban J connectivity index is 1.84. The van der Waals surface area contributed by atoms with E-state index in [0.717, 1.165) is 21.3 Å². The van der Waals surface area contributed by atoms with E-state index in [-0.39, 0.29) is 18.2 Å². The molecule has 1 atom stereocenters. The van der Waals surface area contributed by atoms with Crippen LogP contribution in [0.4, 0.5) is 11.4 Å². The monoisotopic (exact) mass is 372 g/mol. The fourth-order valence-electron chi connectivity index (χ4n) is 2.70. The Morgan fingerprint density at radius 3 is 2.48 bits per heavy atom. The van der Waals surface area contributed by atoms with Gasteiger partial charge in [-0.15, -0.1) is 0 Å². The first-order chi connectivity index (χ1) is 11.0. The van der Waals surface area contributed by atoms with E-state index in [1.807, 2.05) is 44.2 Å². The predicted molar refractivity (Wildman–Crippen MR) is 94.6 cm³/mol. The summed E-state index contributed by atoms with van der Waals surface area (Å²) >= 11 is 3.35. The van der Waals surface area contributed by atoms with Gasteiger partial charge in [0.15, 0.2) is 0 Å². The average molecular weight is 373 g/mol. The fraction of sp³-hybridized carbons (Fsp3) is 0.222. The maximum atomic E-state index is 12.6. The minimum absolute atomic E-state index is 0.169. The maximum Gasteiger partial charge on any atom is 0.256 e. The molecule has 118 valence electrons. The van der Waals surface area contributed by atoms with Gasteiger partial charge in [0.2, 0.25) is 5.91 Å². The molecule has 1 heterocycles. The number of carbonyl (C=O) groups is 2. The lowest BCUT2D eigenvalue weighted by atomic mass is 10.1. The first kappa shape index (κ1) is 15.7. The third kappa shape index (κ3) is 3.01. The summed E-state index contributed by atoms with van der Waals surface area (Å²) in [6.45, 7) is 4.03. The lowest BCUT2D eigenvalue weighted by molar-refractivity contribution is -0.121. The number of nitrogens with zero attached hydrogens (tertiary/aromatic N) is 1. The van der Waals surface area contributed by atoms with Crippen LogP contribution in [0.2, 0.25) is 0 Å². The first-order valence-electron chi connectivity index (χ1n) is 7.42. The number of carbonyl (C=O) groups excluding carboxylic acids is 2. The van der Waals surface area contributed by atoms with Crippen molar-refractivity contribution in [3.05, 3.63) is 58.1 Å². The van der Waals surface area contributed by atoms with E-state index < -0.39 is 6.04 Å². The van der Waals surface area contributed by atoms with Gasteiger partial charge in [0, 0.05) is 10.2 Å². The molecule has 0 spiro atoms. The predicted octanol–water partition coefficient (Wildman–Crippen LogP) is 3.81. The number of hydrogen-bond acceptors (Lipinski definition) is 3. The van der Waals surface area contributed by atoms with Gasteiger partial charge in [-0.25, -0.2) is 4.90 Å². The molecule has 0 radical (unpaired) electrons. The van der Waals surface area contributed by atoms with Crippen molar-refractivity contribution in [1.82, 2.24) is 0 Å². The van der Waals surface area contributed by atoms with Crippen LogP contribution in [0.15, 0.2) is 46.9 Å². The van der Waals surface area contributed by atoms with Crippen molar-refractivity contribution < 1.29 is 9.59 Å². The molecule has 1 fully saturated rings. The van der Waals surface area contributed by atoms with E-state index in [9.17, 15) is 9.59 Å². The van der Waals surface area contributed by atoms with Crippen molar-refractivity contribution in [2.24, 2.45) is 0 Å². The largest absolute Gasteiger partial charge is 0.373 e. The van der Waals surface area contributed by atoms with Crippen LogP contribution >= 0.6 is 15.9 Å². The summed E-state index contributed by atoms with van der Waals surface area (Å²) in [5.74, 6) is -0.390. The van der Waals surface area contributed by atoms with E-state index >= 15 is 0 Å². The minimum atomic E-state index is -0.522. The number of benzene rings is 2. The summed E-state index contributed by atoms with van der Waals surface area (Å²) in [4.78, 5) is 26.2. The lowest BCUT2D eigenvalue weighted by Crippen LogP contribution is -2.34. The Hall–Kier alpha value is -2.14. The number of nitrogens with one attached hydrogen (secondary N) is 1. The van der Waals surface area contributed by atoms with E-state index in [2.05, 4.69) is 21.2 Å². The zero-order valence-corrected chi connectivity index (χ0v) is 14.6. The molecule has 0 aliphatic carbocycles. The zero-order chi connectivity index (χ0) is 16.6. The molecule has 0 bridgehead atoms. The van der Waals surface area contributed by atoms with Crippen LogP contribution in [0.3, 0.4) is 0 Å². The summed E-state index contributed by atoms with van der Waals surface area (Å²) < 4.78 is 0.908. The van der Waals surface area contributed by atoms with Gasteiger partial charge in [0.05, 0.1) is 12.1 Å². The molecule has 1 N–H and O–H groups in total. The van der Waals surface area contributed by atoms with Crippen molar-refractivity contribution in [2.75, 3.05) is 10.2 Å². The Kier molecular flexibility index (Phi) is 4.22. The Labute approximate surface area is 143 Å². The Morgan fingerprint density at radius 2 is 1.78 bits per heavy atom. The summed E-state index contributed by atoms with van der Waals surface area (Å²) in [5, 5.41) is 3.22. The van der Waals surface area contributed by atoms with Crippen molar-refractivity contribution in [2.45, 2.75) is 26.3 Å². The molecule has 1 aliphatic rings. The molecule has 23 heavy (non-hydrogen) atoms. The van der Waals surface area contributed by atoms with Crippen LogP contribution in [-0.4, -0.2) is 17.9 Å². The highest BCUT2D eigenvalue weighted by atomic mass is 79.9. The Morgan fingerprint density at radius 1 is 1.09 bits per heavy atom. The summed E-state index contributed by atoms with van der Waals surface area (Å²) in [5.41, 5.74) is 3.74. The third-order valence-corrected chi connectivity index (χ3v) is 4.69. The normalized spacial score (nSPS) is 17.7. The van der Waals surface area contributed by atoms with Crippen LogP contribution in [0.25, 0.3) is 0 Å². The number of halogens is 1. The van der Waals surface area contributed by atoms with Gasteiger partial charge in [0.1, 0.15) is 6.04 Å². The molecule has 1 aliphatic heterocycles. The second kappa shape index (κ2) is 6.16. The molecule has 0 saturated carbocycles. The van der Waals surface area contributed by atoms with Gasteiger partial charge in [-0.3, -0.25) is 9.59 Å². The van der Waals surface area contributed by atoms with Gasteiger partial charge < -0.3 is 5.32 Å². The second-order valence-corrected chi connectivity index (χ2v) is 6.61. The van der Waals surface area contributed by atoms with E-state index in [1.54, 1.807) is 12.1 Å². The molecule has 2 amide bonds. The average Bonchev–Trinajstić information content (AvgIpc) is 2.79. The number of anilines is 2. The van der Waals surface area contributed by atoms with Gasteiger partial charge in [-0.05, 0) is 55.3 Å². The van der Waals surface area contributed by atoms with Crippen molar-refractivity contribution in [1.29, 1.82) is 0 Å². The fourth-order valence-corrected chi connectivity index (χ4v) is 2.97. The smallest absolute Gasteiger partial charge is 0.256 e. The molecule has 1 saturated heterocycles. The van der Waals surface area contributed by atoms with Gasteiger partial charge in [-0.1, -0.05) is 28.1 Å². The van der Waals surface area contributed by atoms with E-state index in [4.69, 9.17) is 0 Å². The summed E-state index contributed by atoms with van der Waals surface area (Å²) in [6, 6.07) is 12.5. The van der Waals surface area contributed by atoms with Gasteiger partial charge >= 0.3 is 0 Å². The van der Waals surface area contributed by atoms with E-state index in [0.29, 0.717) is 5.69 Å². The van der Waals surface area contributed by atoms with Crippen LogP contribution in [-0.2, 0) is 9.59 Å². The standard InChI is InChI=1S/C18H17BrN2O2/c1-11-4-3-5-15(12(11)2)20-16-10-17(22)21(18(16)23)14-8-6-13(19)7-9-14/h3-9,16,20H,10H2,1-2H3. The molecule has 2 aromatic rings. The van der Waals surface area contributed by atoms with Crippen LogP contribution in [0.5, 0.6) is 0 Å². The molecule has 3 rings (SSSR count). The molecule has 1 unspecified atom stereocenters. The molecular weight excluding hydrogens is 356 g/mol. The molecule has 2 aromatic carbocycles. The highest BCUT2D eigenvalue weighted by Gasteiger charge is 2.39. The minimum Gasteiger partial charge on any atom is -0.373 e. The molecule has 0 aromatic heterocycles. The second-order valence-electron chi connectivity index (χ2n) is 5.69. The lowest BCUT2D eigenvalue weighted by Gasteiger charge is -2.17. The molecule has 4 nitrogen and oxygen atoms in total. The molecular formula is C18H17BrN2O2. The highest BCUT2D eigenvalue weighted by Crippen LogP contribution is 2.27. The Bertz CT molecular complexity index is 771. The first-order valence-corrected chi connectivity index (χ1v) is 8.22. The van der Waals surface area contributed by atoms with Crippen LogP contribution in [0, 0.1) is 13.8 Å². The summed E-state index contributed by atoms with van der Waals surface area (Å²) in [6.07, 6.45) is 0.169. The van der Waals surface area contributed by atoms with Crippen molar-refractivity contribution in [3.63, 3.8) is 0 Å². The number of amides is 2. The van der Waals surface area contributed by atoms with E-state index in [1.165, 1.54) is 4.90 Å². The third-order valence-electron chi connectivity index (χ3n) is 4.17. The number of aryl methyl sites for hydroxylation is 1. The quantitative estimate of drug-likeness (QED) is 0.833. The maximum absolute atomic E-state index is 12.6. The van der Waals surface area contributed by atoms with Gasteiger partial charge in [-0.2, -0.15) is 0 Å².